The van der Waals surface area contributed by atoms with E-state index in [4.69, 9.17) is 9.47 Å². The average Bonchev–Trinajstić information content (AvgIpc) is 2.45. The molecule has 96 valence electrons. The van der Waals surface area contributed by atoms with Crippen LogP contribution in [0.4, 0.5) is 10.5 Å². The summed E-state index contributed by atoms with van der Waals surface area (Å²) in [4.78, 5) is 13.3. The van der Waals surface area contributed by atoms with Gasteiger partial charge in [0.15, 0.2) is 0 Å². The summed E-state index contributed by atoms with van der Waals surface area (Å²) in [7, 11) is 1.60. The minimum atomic E-state index is -0.360. The highest BCUT2D eigenvalue weighted by Gasteiger charge is 2.40. The van der Waals surface area contributed by atoms with Gasteiger partial charge in [0, 0.05) is 11.6 Å². The molecule has 0 aromatic heterocycles. The van der Waals surface area contributed by atoms with E-state index in [1.807, 2.05) is 54.6 Å². The SMILES string of the molecule is COc1cccc(N2C(=O)OC2c2ccccc2)c1. The van der Waals surface area contributed by atoms with E-state index < -0.39 is 0 Å². The average molecular weight is 255 g/mol. The summed E-state index contributed by atoms with van der Waals surface area (Å²) in [5, 5.41) is 0. The largest absolute Gasteiger partial charge is 0.497 e. The van der Waals surface area contributed by atoms with Crippen LogP contribution >= 0.6 is 0 Å². The van der Waals surface area contributed by atoms with Gasteiger partial charge in [-0.05, 0) is 12.1 Å². The van der Waals surface area contributed by atoms with E-state index in [1.165, 1.54) is 0 Å². The van der Waals surface area contributed by atoms with Crippen LogP contribution in [0.1, 0.15) is 11.8 Å². The van der Waals surface area contributed by atoms with Gasteiger partial charge in [-0.2, -0.15) is 0 Å². The lowest BCUT2D eigenvalue weighted by Crippen LogP contribution is -2.48. The second-order valence-corrected chi connectivity index (χ2v) is 4.22. The molecule has 0 saturated carbocycles. The van der Waals surface area contributed by atoms with Crippen LogP contribution in [0.25, 0.3) is 0 Å². The lowest BCUT2D eigenvalue weighted by molar-refractivity contribution is 0.0430. The molecule has 1 fully saturated rings. The Hall–Kier alpha value is -2.49. The summed E-state index contributed by atoms with van der Waals surface area (Å²) in [5.41, 5.74) is 1.72. The van der Waals surface area contributed by atoms with Gasteiger partial charge in [-0.25, -0.2) is 9.69 Å². The van der Waals surface area contributed by atoms with Crippen molar-refractivity contribution in [2.45, 2.75) is 6.23 Å². The van der Waals surface area contributed by atoms with E-state index >= 15 is 0 Å². The number of amides is 1. The van der Waals surface area contributed by atoms with Gasteiger partial charge in [-0.1, -0.05) is 36.4 Å². The van der Waals surface area contributed by atoms with Gasteiger partial charge in [0.05, 0.1) is 12.8 Å². The summed E-state index contributed by atoms with van der Waals surface area (Å²) in [6.07, 6.45) is -0.706. The molecule has 1 atom stereocenters. The van der Waals surface area contributed by atoms with Crippen LogP contribution < -0.4 is 9.64 Å². The Morgan fingerprint density at radius 3 is 2.58 bits per heavy atom. The van der Waals surface area contributed by atoms with Crippen molar-refractivity contribution in [2.24, 2.45) is 0 Å². The predicted octanol–water partition coefficient (Wildman–Crippen LogP) is 3.35. The third-order valence-corrected chi connectivity index (χ3v) is 3.06. The molecule has 0 spiro atoms. The third-order valence-electron chi connectivity index (χ3n) is 3.06. The zero-order chi connectivity index (χ0) is 13.2. The molecule has 4 nitrogen and oxygen atoms in total. The summed E-state index contributed by atoms with van der Waals surface area (Å²) in [6.45, 7) is 0. The maximum atomic E-state index is 11.7. The van der Waals surface area contributed by atoms with Crippen molar-refractivity contribution >= 4 is 11.8 Å². The zero-order valence-corrected chi connectivity index (χ0v) is 10.4. The quantitative estimate of drug-likeness (QED) is 0.844. The van der Waals surface area contributed by atoms with Gasteiger partial charge < -0.3 is 9.47 Å². The Morgan fingerprint density at radius 1 is 1.11 bits per heavy atom. The number of carbonyl (C=O) groups is 1. The molecule has 19 heavy (non-hydrogen) atoms. The molecule has 1 heterocycles. The molecule has 4 heteroatoms. The first kappa shape index (κ1) is 11.6. The Labute approximate surface area is 111 Å². The highest BCUT2D eigenvalue weighted by atomic mass is 16.6. The minimum Gasteiger partial charge on any atom is -0.497 e. The van der Waals surface area contributed by atoms with Gasteiger partial charge in [-0.3, -0.25) is 0 Å². The number of nitrogens with zero attached hydrogens (tertiary/aromatic N) is 1. The van der Waals surface area contributed by atoms with Crippen molar-refractivity contribution in [3.05, 3.63) is 60.2 Å². The van der Waals surface area contributed by atoms with Crippen molar-refractivity contribution in [3.63, 3.8) is 0 Å². The van der Waals surface area contributed by atoms with Crippen LogP contribution in [0.5, 0.6) is 5.75 Å². The minimum absolute atomic E-state index is 0.345. The topological polar surface area (TPSA) is 38.8 Å². The van der Waals surface area contributed by atoms with E-state index in [2.05, 4.69) is 0 Å². The molecule has 1 saturated heterocycles. The molecule has 0 bridgehead atoms. The Balaban J connectivity index is 1.92. The van der Waals surface area contributed by atoms with Crippen molar-refractivity contribution in [1.29, 1.82) is 0 Å². The number of cyclic esters (lactones) is 1. The highest BCUT2D eigenvalue weighted by molar-refractivity contribution is 5.93. The summed E-state index contributed by atoms with van der Waals surface area (Å²) in [6, 6.07) is 17.0. The number of rotatable bonds is 3. The molecular formula is C15H13NO3. The van der Waals surface area contributed by atoms with Crippen LogP contribution in [0.15, 0.2) is 54.6 Å². The standard InChI is InChI=1S/C15H13NO3/c1-18-13-9-5-8-12(10-13)16-14(19-15(16)17)11-6-3-2-4-7-11/h2-10,14H,1H3. The normalized spacial score (nSPS) is 17.6. The van der Waals surface area contributed by atoms with Crippen molar-refractivity contribution in [2.75, 3.05) is 12.0 Å². The fourth-order valence-electron chi connectivity index (χ4n) is 2.09. The fourth-order valence-corrected chi connectivity index (χ4v) is 2.09. The first-order valence-electron chi connectivity index (χ1n) is 5.98. The summed E-state index contributed by atoms with van der Waals surface area (Å²) in [5.74, 6) is 0.712. The van der Waals surface area contributed by atoms with Gasteiger partial charge in [0.1, 0.15) is 5.75 Å². The van der Waals surface area contributed by atoms with Gasteiger partial charge in [0.25, 0.3) is 0 Å². The summed E-state index contributed by atoms with van der Waals surface area (Å²) < 4.78 is 10.4. The predicted molar refractivity (Wildman–Crippen MR) is 71.1 cm³/mol. The molecule has 1 aliphatic heterocycles. The molecular weight excluding hydrogens is 242 g/mol. The molecule has 2 aromatic carbocycles. The first-order valence-corrected chi connectivity index (χ1v) is 5.98. The molecule has 3 rings (SSSR count). The van der Waals surface area contributed by atoms with Crippen molar-refractivity contribution in [1.82, 2.24) is 0 Å². The molecule has 1 amide bonds. The molecule has 2 aromatic rings. The number of methoxy groups -OCH3 is 1. The first-order chi connectivity index (χ1) is 9.29. The molecule has 1 unspecified atom stereocenters. The maximum Gasteiger partial charge on any atom is 0.419 e. The monoisotopic (exact) mass is 255 g/mol. The Kier molecular flexibility index (Phi) is 2.83. The fraction of sp³-hybridized carbons (Fsp3) is 0.133. The van der Waals surface area contributed by atoms with Crippen LogP contribution in [0.3, 0.4) is 0 Å². The van der Waals surface area contributed by atoms with Crippen molar-refractivity contribution in [3.8, 4) is 5.75 Å². The number of benzene rings is 2. The highest BCUT2D eigenvalue weighted by Crippen LogP contribution is 2.37. The van der Waals surface area contributed by atoms with Crippen LogP contribution in [-0.2, 0) is 4.74 Å². The van der Waals surface area contributed by atoms with Crippen LogP contribution in [0, 0.1) is 0 Å². The molecule has 0 N–H and O–H groups in total. The second kappa shape index (κ2) is 4.65. The van der Waals surface area contributed by atoms with E-state index in [9.17, 15) is 4.79 Å². The number of hydrogen-bond donors (Lipinski definition) is 0. The molecule has 0 radical (unpaired) electrons. The van der Waals surface area contributed by atoms with Crippen LogP contribution in [0.2, 0.25) is 0 Å². The Morgan fingerprint density at radius 2 is 1.89 bits per heavy atom. The third kappa shape index (κ3) is 2.01. The van der Waals surface area contributed by atoms with E-state index in [-0.39, 0.29) is 12.3 Å². The van der Waals surface area contributed by atoms with Gasteiger partial charge >= 0.3 is 6.09 Å². The second-order valence-electron chi connectivity index (χ2n) is 4.22. The zero-order valence-electron chi connectivity index (χ0n) is 10.4. The van der Waals surface area contributed by atoms with Gasteiger partial charge in [0.2, 0.25) is 6.23 Å². The number of carbonyl (C=O) groups excluding carboxylic acids is 1. The number of ether oxygens (including phenoxy) is 2. The Bertz CT molecular complexity index is 597. The van der Waals surface area contributed by atoms with E-state index in [0.29, 0.717) is 5.75 Å². The van der Waals surface area contributed by atoms with Crippen molar-refractivity contribution < 1.29 is 14.3 Å². The smallest absolute Gasteiger partial charge is 0.419 e. The van der Waals surface area contributed by atoms with E-state index in [0.717, 1.165) is 11.3 Å². The molecule has 1 aliphatic rings. The van der Waals surface area contributed by atoms with E-state index in [1.54, 1.807) is 12.0 Å². The molecule has 0 aliphatic carbocycles. The lowest BCUT2D eigenvalue weighted by atomic mass is 10.1. The number of hydrogen-bond acceptors (Lipinski definition) is 3. The van der Waals surface area contributed by atoms with Gasteiger partial charge in [-0.15, -0.1) is 0 Å². The summed E-state index contributed by atoms with van der Waals surface area (Å²) >= 11 is 0. The van der Waals surface area contributed by atoms with Crippen LogP contribution in [-0.4, -0.2) is 13.2 Å². The number of anilines is 1. The maximum absolute atomic E-state index is 11.7. The lowest BCUT2D eigenvalue weighted by Gasteiger charge is -2.39.